The maximum absolute atomic E-state index is 12.4. The highest BCUT2D eigenvalue weighted by Gasteiger charge is 2.38. The third kappa shape index (κ3) is 16.5. The molecule has 4 nitrogen and oxygen atoms in total. The lowest BCUT2D eigenvalue weighted by Gasteiger charge is -2.43. The van der Waals surface area contributed by atoms with Crippen LogP contribution in [-0.4, -0.2) is 34.2 Å². The van der Waals surface area contributed by atoms with Gasteiger partial charge in [-0.3, -0.25) is 14.4 Å². The Kier molecular flexibility index (Phi) is 17.6. The van der Waals surface area contributed by atoms with E-state index in [1.54, 1.807) is 5.57 Å². The Labute approximate surface area is 259 Å². The highest BCUT2D eigenvalue weighted by Crippen LogP contribution is 2.37. The molecule has 0 heterocycles. The lowest BCUT2D eigenvalue weighted by atomic mass is 9.72. The first kappa shape index (κ1) is 40.1. The normalized spacial score (nSPS) is 14.4. The summed E-state index contributed by atoms with van der Waals surface area (Å²) in [6, 6.07) is 0. The molecule has 0 rings (SSSR count). The topological polar surface area (TPSA) is 55.4 Å². The summed E-state index contributed by atoms with van der Waals surface area (Å²) in [5.41, 5.74) is 5.71. The monoisotopic (exact) mass is 593 g/mol. The molecule has 0 aromatic heterocycles. The third-order valence-electron chi connectivity index (χ3n) is 9.42. The molecular weight excluding hydrogens is 526 g/mol. The van der Waals surface area contributed by atoms with Crippen molar-refractivity contribution in [1.29, 1.82) is 0 Å². The molecule has 5 heteroatoms. The fourth-order valence-electron chi connectivity index (χ4n) is 4.16. The van der Waals surface area contributed by atoms with Crippen LogP contribution in [0.25, 0.3) is 0 Å². The van der Waals surface area contributed by atoms with Crippen LogP contribution in [0.1, 0.15) is 148 Å². The molecule has 0 aliphatic heterocycles. The third-order valence-corrected chi connectivity index (χ3v) is 10.5. The van der Waals surface area contributed by atoms with Crippen LogP contribution >= 0.6 is 11.8 Å². The minimum atomic E-state index is -0.388. The van der Waals surface area contributed by atoms with Crippen LogP contribution < -0.4 is 5.48 Å². The Balaban J connectivity index is 4.76. The van der Waals surface area contributed by atoms with Crippen molar-refractivity contribution < 1.29 is 14.4 Å². The quantitative estimate of drug-likeness (QED) is 0.0943. The number of carbonyl (C=O) groups is 2. The summed E-state index contributed by atoms with van der Waals surface area (Å²) in [7, 11) is 0. The van der Waals surface area contributed by atoms with Gasteiger partial charge in [-0.05, 0) is 95.8 Å². The fraction of sp³-hybridized carbons (Fsp3) is 0.833. The Morgan fingerprint density at radius 1 is 0.902 bits per heavy atom. The Morgan fingerprint density at radius 2 is 1.49 bits per heavy atom. The van der Waals surface area contributed by atoms with Gasteiger partial charge in [0.1, 0.15) is 11.6 Å². The van der Waals surface area contributed by atoms with Crippen LogP contribution in [0.3, 0.4) is 0 Å². The molecule has 1 N–H and O–H groups in total. The second kappa shape index (κ2) is 18.0. The summed E-state index contributed by atoms with van der Waals surface area (Å²) < 4.78 is 0. The summed E-state index contributed by atoms with van der Waals surface area (Å²) in [6.07, 6.45) is 10.7. The van der Waals surface area contributed by atoms with Gasteiger partial charge in [0.05, 0.1) is 17.1 Å². The second-order valence-corrected chi connectivity index (χ2v) is 16.3. The zero-order valence-corrected chi connectivity index (χ0v) is 30.2. The smallest absolute Gasteiger partial charge is 0.143 e. The van der Waals surface area contributed by atoms with Crippen molar-refractivity contribution in [3.05, 3.63) is 23.8 Å². The number of carbonyl (C=O) groups excluding carboxylic acids is 2. The molecule has 0 aliphatic carbocycles. The number of nitrogens with one attached hydrogen (secondary N) is 1. The largest absolute Gasteiger partial charge is 0.299 e. The molecule has 1 unspecified atom stereocenters. The Bertz CT molecular complexity index is 851. The molecule has 240 valence electrons. The van der Waals surface area contributed by atoms with Crippen molar-refractivity contribution in [3.63, 3.8) is 0 Å². The van der Waals surface area contributed by atoms with Crippen LogP contribution in [-0.2, 0) is 14.4 Å². The van der Waals surface area contributed by atoms with E-state index in [-0.39, 0.29) is 33.5 Å². The number of rotatable bonds is 23. The molecule has 0 radical (unpaired) electrons. The van der Waals surface area contributed by atoms with Gasteiger partial charge in [-0.15, -0.1) is 11.8 Å². The predicted molar refractivity (Wildman–Crippen MR) is 181 cm³/mol. The van der Waals surface area contributed by atoms with Gasteiger partial charge in [0.2, 0.25) is 0 Å². The fourth-order valence-corrected chi connectivity index (χ4v) is 4.98. The molecule has 0 aromatic rings. The van der Waals surface area contributed by atoms with Crippen molar-refractivity contribution in [3.8, 4) is 0 Å². The van der Waals surface area contributed by atoms with Gasteiger partial charge in [-0.2, -0.15) is 5.48 Å². The van der Waals surface area contributed by atoms with Crippen LogP contribution in [0, 0.1) is 22.7 Å². The van der Waals surface area contributed by atoms with Crippen LogP contribution in [0.5, 0.6) is 0 Å². The van der Waals surface area contributed by atoms with Gasteiger partial charge in [0, 0.05) is 18.4 Å². The molecule has 0 bridgehead atoms. The molecule has 0 amide bonds. The van der Waals surface area contributed by atoms with E-state index in [9.17, 15) is 9.59 Å². The summed E-state index contributed by atoms with van der Waals surface area (Å²) in [5, 5.41) is 0. The minimum absolute atomic E-state index is 0.0243. The SMILES string of the molecule is C=C(C)C(C)(C)CC/C(=C\CC(C)(C)C(C)(C)NOC(C)(C)CCCC(=O)CSCC(=O)CC(C)C(C)C)CCC. The van der Waals surface area contributed by atoms with Gasteiger partial charge < -0.3 is 0 Å². The molecule has 1 atom stereocenters. The van der Waals surface area contributed by atoms with Crippen molar-refractivity contribution in [2.75, 3.05) is 11.5 Å². The molecule has 0 saturated carbocycles. The van der Waals surface area contributed by atoms with Crippen molar-refractivity contribution in [2.45, 2.75) is 159 Å². The average molecular weight is 594 g/mol. The van der Waals surface area contributed by atoms with E-state index in [0.717, 1.165) is 44.9 Å². The lowest BCUT2D eigenvalue weighted by molar-refractivity contribution is -0.141. The van der Waals surface area contributed by atoms with Gasteiger partial charge in [0.25, 0.3) is 0 Å². The van der Waals surface area contributed by atoms with E-state index in [2.05, 4.69) is 108 Å². The number of Topliss-reactive ketones (excluding diaryl/α,β-unsaturated/α-hetero) is 2. The lowest BCUT2D eigenvalue weighted by Crippen LogP contribution is -2.53. The maximum Gasteiger partial charge on any atom is 0.143 e. The zero-order chi connectivity index (χ0) is 32.1. The summed E-state index contributed by atoms with van der Waals surface area (Å²) in [4.78, 5) is 30.8. The van der Waals surface area contributed by atoms with E-state index in [1.165, 1.54) is 17.3 Å². The van der Waals surface area contributed by atoms with Gasteiger partial charge in [-0.1, -0.05) is 85.6 Å². The first-order valence-corrected chi connectivity index (χ1v) is 17.2. The van der Waals surface area contributed by atoms with E-state index in [0.29, 0.717) is 36.2 Å². The van der Waals surface area contributed by atoms with E-state index in [1.807, 2.05) is 0 Å². The highest BCUT2D eigenvalue weighted by molar-refractivity contribution is 8.00. The number of hydrogen-bond donors (Lipinski definition) is 1. The predicted octanol–water partition coefficient (Wildman–Crippen LogP) is 10.3. The molecule has 0 saturated heterocycles. The van der Waals surface area contributed by atoms with Crippen LogP contribution in [0.4, 0.5) is 0 Å². The summed E-state index contributed by atoms with van der Waals surface area (Å²) >= 11 is 1.46. The minimum Gasteiger partial charge on any atom is -0.299 e. The Morgan fingerprint density at radius 3 is 2.02 bits per heavy atom. The van der Waals surface area contributed by atoms with Crippen molar-refractivity contribution in [1.82, 2.24) is 5.48 Å². The summed E-state index contributed by atoms with van der Waals surface area (Å²) in [6.45, 7) is 32.8. The molecule has 0 fully saturated rings. The molecule has 41 heavy (non-hydrogen) atoms. The molecule has 0 aromatic carbocycles. The van der Waals surface area contributed by atoms with Crippen molar-refractivity contribution >= 4 is 23.3 Å². The standard InChI is InChI=1S/C36H67NO3S/c1-15-17-30(19-22-33(7,8)28(4)5)20-23-34(9,10)36(13,14)37-40-35(11,12)21-16-18-31(38)25-41-26-32(39)24-29(6)27(2)3/h20,27,29,37H,4,15-19,21-26H2,1-3,5-14H3/b30-20-. The average Bonchev–Trinajstić information content (AvgIpc) is 2.84. The van der Waals surface area contributed by atoms with Gasteiger partial charge >= 0.3 is 0 Å². The van der Waals surface area contributed by atoms with Crippen LogP contribution in [0.2, 0.25) is 0 Å². The van der Waals surface area contributed by atoms with E-state index in [4.69, 9.17) is 4.84 Å². The zero-order valence-electron chi connectivity index (χ0n) is 29.4. The van der Waals surface area contributed by atoms with Gasteiger partial charge in [-0.25, -0.2) is 0 Å². The van der Waals surface area contributed by atoms with Crippen LogP contribution in [0.15, 0.2) is 23.8 Å². The van der Waals surface area contributed by atoms with E-state index < -0.39 is 0 Å². The highest BCUT2D eigenvalue weighted by atomic mass is 32.2. The van der Waals surface area contributed by atoms with Gasteiger partial charge in [0.15, 0.2) is 0 Å². The number of hydroxylamine groups is 1. The molecule has 0 spiro atoms. The maximum atomic E-state index is 12.4. The van der Waals surface area contributed by atoms with Crippen molar-refractivity contribution in [2.24, 2.45) is 22.7 Å². The summed E-state index contributed by atoms with van der Waals surface area (Å²) in [5.74, 6) is 2.22. The van der Waals surface area contributed by atoms with E-state index >= 15 is 0 Å². The first-order valence-electron chi connectivity index (χ1n) is 16.1. The number of allylic oxidation sites excluding steroid dienone is 3. The molecule has 0 aliphatic rings. The molecular formula is C36H67NO3S. The number of ketones is 2. The first-order chi connectivity index (χ1) is 18.7. The Hall–Kier alpha value is -0.910. The number of hydrogen-bond acceptors (Lipinski definition) is 5. The number of thioether (sulfide) groups is 1. The second-order valence-electron chi connectivity index (χ2n) is 15.3.